The van der Waals surface area contributed by atoms with Crippen LogP contribution in [0.1, 0.15) is 52.9 Å². The number of likely N-dealkylation sites (N-methyl/N-ethyl adjacent to an activating group) is 1. The summed E-state index contributed by atoms with van der Waals surface area (Å²) in [5.74, 6) is -0.0389. The molecule has 1 aliphatic carbocycles. The van der Waals surface area contributed by atoms with E-state index in [0.717, 1.165) is 42.4 Å². The summed E-state index contributed by atoms with van der Waals surface area (Å²) in [4.78, 5) is 40.1. The molecule has 1 saturated carbocycles. The molecule has 0 aliphatic heterocycles. The highest BCUT2D eigenvalue weighted by Crippen LogP contribution is 2.33. The lowest BCUT2D eigenvalue weighted by molar-refractivity contribution is -0.123. The fraction of sp³-hybridized carbons (Fsp3) is 0.500. The van der Waals surface area contributed by atoms with Crippen molar-refractivity contribution in [3.8, 4) is 11.1 Å². The second kappa shape index (κ2) is 11.7. The van der Waals surface area contributed by atoms with Crippen molar-refractivity contribution in [1.82, 2.24) is 4.90 Å². The number of esters is 1. The van der Waals surface area contributed by atoms with E-state index in [0.29, 0.717) is 22.8 Å². The number of ether oxygens (including phenoxy) is 1. The van der Waals surface area contributed by atoms with Crippen molar-refractivity contribution in [2.24, 2.45) is 5.92 Å². The van der Waals surface area contributed by atoms with Crippen molar-refractivity contribution in [3.63, 3.8) is 0 Å². The molecule has 1 fully saturated rings. The lowest BCUT2D eigenvalue weighted by atomic mass is 9.84. The number of nitrogens with zero attached hydrogens (tertiary/aromatic N) is 1. The molecule has 0 amide bonds. The molecule has 0 bridgehead atoms. The summed E-state index contributed by atoms with van der Waals surface area (Å²) in [5, 5.41) is 11.5. The zero-order valence-corrected chi connectivity index (χ0v) is 20.5. The van der Waals surface area contributed by atoms with Crippen molar-refractivity contribution in [2.45, 2.75) is 51.6 Å². The predicted octanol–water partition coefficient (Wildman–Crippen LogP) is 4.06. The number of carbonyl (C=O) groups is 3. The van der Waals surface area contributed by atoms with Crippen LogP contribution in [0.25, 0.3) is 11.1 Å². The molecule has 3 rings (SSSR count). The Morgan fingerprint density at radius 3 is 2.33 bits per heavy atom. The Hall–Kier alpha value is -2.35. The number of aryl methyl sites for hydroxylation is 1. The normalized spacial score (nSPS) is 18.3. The molecular weight excluding hydrogens is 438 g/mol. The summed E-state index contributed by atoms with van der Waals surface area (Å²) in [6.45, 7) is 2.38. The number of hydrogen-bond acceptors (Lipinski definition) is 7. The standard InChI is InChI=1S/C26H33NO5S/c1-17-4-8-19(9-5-17)23-16-33-24(25(23)26(31)32-3)13-22(30)15-27(2)14-21(29)12-18-6-10-20(28)11-7-18/h4-5,8-9,16,18,20,28H,6-7,10-15H2,1-3H3. The summed E-state index contributed by atoms with van der Waals surface area (Å²) in [6.07, 6.45) is 3.69. The van der Waals surface area contributed by atoms with Gasteiger partial charge in [-0.15, -0.1) is 11.3 Å². The van der Waals surface area contributed by atoms with Crippen LogP contribution in [0.15, 0.2) is 29.6 Å². The van der Waals surface area contributed by atoms with Crippen LogP contribution in [0.3, 0.4) is 0 Å². The molecule has 1 heterocycles. The summed E-state index contributed by atoms with van der Waals surface area (Å²) in [6, 6.07) is 7.89. The Morgan fingerprint density at radius 2 is 1.70 bits per heavy atom. The number of Topliss-reactive ketones (excluding diaryl/α,β-unsaturated/α-hetero) is 2. The van der Waals surface area contributed by atoms with E-state index in [-0.39, 0.29) is 37.2 Å². The highest BCUT2D eigenvalue weighted by molar-refractivity contribution is 7.11. The molecule has 178 valence electrons. The summed E-state index contributed by atoms with van der Waals surface area (Å²) < 4.78 is 5.00. The van der Waals surface area contributed by atoms with Crippen molar-refractivity contribution in [2.75, 3.05) is 27.2 Å². The van der Waals surface area contributed by atoms with Crippen LogP contribution in [0.4, 0.5) is 0 Å². The number of carbonyl (C=O) groups excluding carboxylic acids is 3. The minimum atomic E-state index is -0.448. The summed E-state index contributed by atoms with van der Waals surface area (Å²) in [7, 11) is 3.12. The maximum Gasteiger partial charge on any atom is 0.339 e. The maximum absolute atomic E-state index is 12.8. The molecule has 0 saturated heterocycles. The SMILES string of the molecule is COC(=O)c1c(-c2ccc(C)cc2)csc1CC(=O)CN(C)CC(=O)CC1CCC(O)CC1. The molecule has 0 spiro atoms. The van der Waals surface area contributed by atoms with Crippen molar-refractivity contribution < 1.29 is 24.2 Å². The van der Waals surface area contributed by atoms with Gasteiger partial charge in [-0.2, -0.15) is 0 Å². The minimum Gasteiger partial charge on any atom is -0.465 e. The fourth-order valence-electron chi connectivity index (χ4n) is 4.43. The number of rotatable bonds is 10. The van der Waals surface area contributed by atoms with Crippen LogP contribution in [0.2, 0.25) is 0 Å². The average molecular weight is 472 g/mol. The van der Waals surface area contributed by atoms with E-state index in [1.54, 1.807) is 11.9 Å². The first-order valence-corrected chi connectivity index (χ1v) is 12.3. The minimum absolute atomic E-state index is 0.0476. The molecule has 0 radical (unpaired) electrons. The quantitative estimate of drug-likeness (QED) is 0.526. The first kappa shape index (κ1) is 25.3. The zero-order chi connectivity index (χ0) is 24.0. The van der Waals surface area contributed by atoms with Crippen LogP contribution in [-0.4, -0.2) is 60.9 Å². The fourth-order valence-corrected chi connectivity index (χ4v) is 5.50. The average Bonchev–Trinajstić information content (AvgIpc) is 3.18. The Morgan fingerprint density at radius 1 is 1.06 bits per heavy atom. The number of ketones is 2. The number of benzene rings is 1. The molecule has 6 nitrogen and oxygen atoms in total. The van der Waals surface area contributed by atoms with Gasteiger partial charge in [0.15, 0.2) is 5.78 Å². The monoisotopic (exact) mass is 471 g/mol. The molecule has 2 aromatic rings. The van der Waals surface area contributed by atoms with Gasteiger partial charge in [0.05, 0.1) is 31.9 Å². The molecule has 1 N–H and O–H groups in total. The van der Waals surface area contributed by atoms with E-state index >= 15 is 0 Å². The van der Waals surface area contributed by atoms with Gasteiger partial charge in [0.25, 0.3) is 0 Å². The van der Waals surface area contributed by atoms with E-state index in [2.05, 4.69) is 0 Å². The van der Waals surface area contributed by atoms with Crippen LogP contribution in [-0.2, 0) is 20.7 Å². The molecule has 0 unspecified atom stereocenters. The zero-order valence-electron chi connectivity index (χ0n) is 19.6. The highest BCUT2D eigenvalue weighted by atomic mass is 32.1. The number of aliphatic hydroxyl groups excluding tert-OH is 1. The molecule has 1 aromatic heterocycles. The lowest BCUT2D eigenvalue weighted by Gasteiger charge is -2.25. The summed E-state index contributed by atoms with van der Waals surface area (Å²) >= 11 is 1.38. The van der Waals surface area contributed by atoms with Gasteiger partial charge in [0.2, 0.25) is 0 Å². The number of thiophene rings is 1. The summed E-state index contributed by atoms with van der Waals surface area (Å²) in [5.41, 5.74) is 3.25. The van der Waals surface area contributed by atoms with Gasteiger partial charge < -0.3 is 9.84 Å². The largest absolute Gasteiger partial charge is 0.465 e. The van der Waals surface area contributed by atoms with E-state index in [1.165, 1.54) is 18.4 Å². The second-order valence-electron chi connectivity index (χ2n) is 9.11. The smallest absolute Gasteiger partial charge is 0.339 e. The third kappa shape index (κ3) is 7.06. The molecule has 0 atom stereocenters. The van der Waals surface area contributed by atoms with Crippen molar-refractivity contribution >= 4 is 28.9 Å². The number of aliphatic hydroxyl groups is 1. The van der Waals surface area contributed by atoms with Crippen LogP contribution >= 0.6 is 11.3 Å². The van der Waals surface area contributed by atoms with Gasteiger partial charge in [-0.25, -0.2) is 4.79 Å². The third-order valence-electron chi connectivity index (χ3n) is 6.20. The van der Waals surface area contributed by atoms with E-state index in [1.807, 2.05) is 36.6 Å². The molecule has 7 heteroatoms. The first-order valence-electron chi connectivity index (χ1n) is 11.4. The van der Waals surface area contributed by atoms with Gasteiger partial charge in [-0.3, -0.25) is 14.5 Å². The topological polar surface area (TPSA) is 83.9 Å². The molecular formula is C26H33NO5S. The van der Waals surface area contributed by atoms with Gasteiger partial charge in [-0.05, 0) is 56.5 Å². The van der Waals surface area contributed by atoms with Crippen molar-refractivity contribution in [1.29, 1.82) is 0 Å². The van der Waals surface area contributed by atoms with Crippen molar-refractivity contribution in [3.05, 3.63) is 45.6 Å². The van der Waals surface area contributed by atoms with Crippen LogP contribution in [0.5, 0.6) is 0 Å². The predicted molar refractivity (Wildman–Crippen MR) is 130 cm³/mol. The number of hydrogen-bond donors (Lipinski definition) is 1. The van der Waals surface area contributed by atoms with E-state index in [9.17, 15) is 19.5 Å². The van der Waals surface area contributed by atoms with Gasteiger partial charge in [-0.1, -0.05) is 29.8 Å². The maximum atomic E-state index is 12.8. The van der Waals surface area contributed by atoms with Gasteiger partial charge in [0, 0.05) is 23.3 Å². The Kier molecular flexibility index (Phi) is 8.95. The van der Waals surface area contributed by atoms with Gasteiger partial charge in [0.1, 0.15) is 5.78 Å². The Labute approximate surface area is 199 Å². The Bertz CT molecular complexity index is 973. The van der Waals surface area contributed by atoms with E-state index < -0.39 is 5.97 Å². The molecule has 33 heavy (non-hydrogen) atoms. The van der Waals surface area contributed by atoms with E-state index in [4.69, 9.17) is 4.74 Å². The second-order valence-corrected chi connectivity index (χ2v) is 10.1. The third-order valence-corrected chi connectivity index (χ3v) is 7.19. The highest BCUT2D eigenvalue weighted by Gasteiger charge is 2.24. The van der Waals surface area contributed by atoms with Crippen LogP contribution < -0.4 is 0 Å². The van der Waals surface area contributed by atoms with Gasteiger partial charge >= 0.3 is 5.97 Å². The Balaban J connectivity index is 1.59. The number of methoxy groups -OCH3 is 1. The molecule has 1 aliphatic rings. The molecule has 1 aromatic carbocycles. The van der Waals surface area contributed by atoms with Crippen LogP contribution in [0, 0.1) is 12.8 Å². The first-order chi connectivity index (χ1) is 15.8. The lowest BCUT2D eigenvalue weighted by Crippen LogP contribution is -2.33.